The Labute approximate surface area is 71.9 Å². The maximum absolute atomic E-state index is 8.53. The van der Waals surface area contributed by atoms with Gasteiger partial charge in [-0.15, -0.1) is 0 Å². The van der Waals surface area contributed by atoms with Crippen LogP contribution in [0.15, 0.2) is 0 Å². The molecule has 4 heteroatoms. The van der Waals surface area contributed by atoms with Crippen LogP contribution < -0.4 is 5.73 Å². The number of nitrogens with zero attached hydrogens (tertiary/aromatic N) is 1. The van der Waals surface area contributed by atoms with Crippen LogP contribution >= 0.6 is 11.8 Å². The van der Waals surface area contributed by atoms with Crippen molar-refractivity contribution >= 4 is 11.8 Å². The van der Waals surface area contributed by atoms with Crippen molar-refractivity contribution in [2.45, 2.75) is 12.5 Å². The van der Waals surface area contributed by atoms with Gasteiger partial charge in [0.15, 0.2) is 0 Å². The van der Waals surface area contributed by atoms with Crippen molar-refractivity contribution in [1.29, 1.82) is 5.26 Å². The van der Waals surface area contributed by atoms with Crippen molar-refractivity contribution in [3.63, 3.8) is 0 Å². The zero-order valence-electron chi connectivity index (χ0n) is 6.96. The van der Waals surface area contributed by atoms with Crippen molar-refractivity contribution in [2.24, 2.45) is 5.73 Å². The van der Waals surface area contributed by atoms with E-state index in [2.05, 4.69) is 0 Å². The molecule has 0 radical (unpaired) electrons. The molecule has 11 heavy (non-hydrogen) atoms. The van der Waals surface area contributed by atoms with Gasteiger partial charge in [0.05, 0.1) is 12.7 Å². The number of rotatable bonds is 5. The van der Waals surface area contributed by atoms with E-state index in [1.165, 1.54) is 0 Å². The molecule has 2 N–H and O–H groups in total. The quantitative estimate of drug-likeness (QED) is 0.620. The van der Waals surface area contributed by atoms with Crippen LogP contribution in [0.5, 0.6) is 0 Å². The first-order chi connectivity index (χ1) is 5.12. The number of thioether (sulfide) groups is 1. The Morgan fingerprint density at radius 1 is 1.73 bits per heavy atom. The molecular weight excluding hydrogens is 160 g/mol. The Balaban J connectivity index is 3.32. The Hall–Kier alpha value is -0.240. The Morgan fingerprint density at radius 3 is 2.82 bits per heavy atom. The van der Waals surface area contributed by atoms with Gasteiger partial charge < -0.3 is 10.5 Å². The van der Waals surface area contributed by atoms with Gasteiger partial charge in [-0.25, -0.2) is 0 Å². The number of hydrogen-bond acceptors (Lipinski definition) is 4. The fourth-order valence-corrected chi connectivity index (χ4v) is 1.38. The summed E-state index contributed by atoms with van der Waals surface area (Å²) in [6.07, 6.45) is 0. The van der Waals surface area contributed by atoms with Crippen LogP contribution in [0.4, 0.5) is 0 Å². The third-order valence-corrected chi connectivity index (χ3v) is 2.35. The highest BCUT2D eigenvalue weighted by Crippen LogP contribution is 2.08. The number of methoxy groups -OCH3 is 1. The first kappa shape index (κ1) is 10.8. The van der Waals surface area contributed by atoms with E-state index in [0.29, 0.717) is 12.4 Å². The summed E-state index contributed by atoms with van der Waals surface area (Å²) in [7, 11) is 1.66. The van der Waals surface area contributed by atoms with Gasteiger partial charge in [0.25, 0.3) is 0 Å². The average Bonchev–Trinajstić information content (AvgIpc) is 1.99. The van der Waals surface area contributed by atoms with Crippen LogP contribution in [0.2, 0.25) is 0 Å². The molecule has 3 nitrogen and oxygen atoms in total. The summed E-state index contributed by atoms with van der Waals surface area (Å²) >= 11 is 1.64. The van der Waals surface area contributed by atoms with Gasteiger partial charge in [-0.3, -0.25) is 0 Å². The van der Waals surface area contributed by atoms with Crippen molar-refractivity contribution in [3.05, 3.63) is 0 Å². The fraction of sp³-hybridized carbons (Fsp3) is 0.857. The molecule has 0 aromatic rings. The molecule has 0 aliphatic carbocycles. The third kappa shape index (κ3) is 6.17. The predicted molar refractivity (Wildman–Crippen MR) is 47.4 cm³/mol. The van der Waals surface area contributed by atoms with Gasteiger partial charge in [0.1, 0.15) is 5.54 Å². The van der Waals surface area contributed by atoms with Crippen LogP contribution in [0.25, 0.3) is 0 Å². The molecule has 0 rings (SSSR count). The van der Waals surface area contributed by atoms with E-state index in [1.807, 2.05) is 6.07 Å². The summed E-state index contributed by atoms with van der Waals surface area (Å²) in [6.45, 7) is 2.44. The first-order valence-corrected chi connectivity index (χ1v) is 4.54. The lowest BCUT2D eigenvalue weighted by Crippen LogP contribution is -2.37. The lowest BCUT2D eigenvalue weighted by atomic mass is 10.1. The minimum atomic E-state index is -0.696. The van der Waals surface area contributed by atoms with E-state index < -0.39 is 5.54 Å². The monoisotopic (exact) mass is 174 g/mol. The lowest BCUT2D eigenvalue weighted by molar-refractivity contribution is 0.218. The van der Waals surface area contributed by atoms with Crippen LogP contribution in [-0.2, 0) is 4.74 Å². The molecule has 0 saturated heterocycles. The smallest absolute Gasteiger partial charge is 0.110 e. The molecular formula is C7H14N2OS. The number of nitrogens with two attached hydrogens (primary N) is 1. The highest BCUT2D eigenvalue weighted by molar-refractivity contribution is 7.99. The van der Waals surface area contributed by atoms with Gasteiger partial charge in [0.2, 0.25) is 0 Å². The number of ether oxygens (including phenoxy) is 1. The van der Waals surface area contributed by atoms with Gasteiger partial charge in [-0.05, 0) is 6.92 Å². The minimum absolute atomic E-state index is 0.660. The molecule has 0 aliphatic rings. The van der Waals surface area contributed by atoms with E-state index in [0.717, 1.165) is 5.75 Å². The summed E-state index contributed by atoms with van der Waals surface area (Å²) in [5.74, 6) is 1.55. The largest absolute Gasteiger partial charge is 0.384 e. The van der Waals surface area contributed by atoms with E-state index >= 15 is 0 Å². The molecule has 0 aromatic carbocycles. The second-order valence-electron chi connectivity index (χ2n) is 2.57. The van der Waals surface area contributed by atoms with E-state index in [9.17, 15) is 0 Å². The zero-order chi connectivity index (χ0) is 8.74. The molecule has 0 aliphatic heterocycles. The summed E-state index contributed by atoms with van der Waals surface area (Å²) in [4.78, 5) is 0. The molecule has 1 atom stereocenters. The van der Waals surface area contributed by atoms with Crippen molar-refractivity contribution in [1.82, 2.24) is 0 Å². The summed E-state index contributed by atoms with van der Waals surface area (Å²) in [5.41, 5.74) is 4.88. The SMILES string of the molecule is COCCSCC(C)(N)C#N. The van der Waals surface area contributed by atoms with Crippen molar-refractivity contribution < 1.29 is 4.74 Å². The molecule has 0 heterocycles. The number of hydrogen-bond donors (Lipinski definition) is 1. The second kappa shape index (κ2) is 5.42. The van der Waals surface area contributed by atoms with Crippen LogP contribution in [0, 0.1) is 11.3 Å². The molecule has 0 aromatic heterocycles. The van der Waals surface area contributed by atoms with Crippen LogP contribution in [-0.4, -0.2) is 30.8 Å². The van der Waals surface area contributed by atoms with Crippen molar-refractivity contribution in [3.8, 4) is 6.07 Å². The molecule has 0 amide bonds. The third-order valence-electron chi connectivity index (χ3n) is 1.09. The molecule has 0 spiro atoms. The normalized spacial score (nSPS) is 15.5. The van der Waals surface area contributed by atoms with E-state index in [4.69, 9.17) is 15.7 Å². The Kier molecular flexibility index (Phi) is 5.30. The maximum Gasteiger partial charge on any atom is 0.110 e. The minimum Gasteiger partial charge on any atom is -0.384 e. The molecule has 0 bridgehead atoms. The highest BCUT2D eigenvalue weighted by Gasteiger charge is 2.16. The summed E-state index contributed by atoms with van der Waals surface area (Å²) in [5, 5.41) is 8.53. The maximum atomic E-state index is 8.53. The zero-order valence-corrected chi connectivity index (χ0v) is 7.78. The Bertz CT molecular complexity index is 142. The summed E-state index contributed by atoms with van der Waals surface area (Å²) < 4.78 is 4.85. The van der Waals surface area contributed by atoms with Gasteiger partial charge >= 0.3 is 0 Å². The summed E-state index contributed by atoms with van der Waals surface area (Å²) in [6, 6.07) is 2.03. The number of nitriles is 1. The first-order valence-electron chi connectivity index (χ1n) is 3.39. The Morgan fingerprint density at radius 2 is 2.36 bits per heavy atom. The van der Waals surface area contributed by atoms with E-state index in [-0.39, 0.29) is 0 Å². The van der Waals surface area contributed by atoms with Gasteiger partial charge in [-0.2, -0.15) is 17.0 Å². The predicted octanol–water partition coefficient (Wildman–Crippen LogP) is 0.607. The molecule has 64 valence electrons. The molecule has 0 saturated carbocycles. The highest BCUT2D eigenvalue weighted by atomic mass is 32.2. The lowest BCUT2D eigenvalue weighted by Gasteiger charge is -2.13. The van der Waals surface area contributed by atoms with E-state index in [1.54, 1.807) is 25.8 Å². The standard InChI is InChI=1S/C7H14N2OS/c1-7(9,5-8)6-11-4-3-10-2/h3-4,6,9H2,1-2H3. The van der Waals surface area contributed by atoms with Crippen molar-refractivity contribution in [2.75, 3.05) is 25.2 Å². The topological polar surface area (TPSA) is 59.0 Å². The second-order valence-corrected chi connectivity index (χ2v) is 3.68. The fourth-order valence-electron chi connectivity index (χ4n) is 0.459. The van der Waals surface area contributed by atoms with Gasteiger partial charge in [0, 0.05) is 18.6 Å². The van der Waals surface area contributed by atoms with Crippen LogP contribution in [0.3, 0.4) is 0 Å². The molecule has 0 fully saturated rings. The average molecular weight is 174 g/mol. The van der Waals surface area contributed by atoms with Gasteiger partial charge in [-0.1, -0.05) is 0 Å². The molecule has 1 unspecified atom stereocenters. The van der Waals surface area contributed by atoms with Crippen LogP contribution in [0.1, 0.15) is 6.92 Å².